The Bertz CT molecular complexity index is 340. The van der Waals surface area contributed by atoms with Crippen LogP contribution in [0.2, 0.25) is 0 Å². The molecule has 0 bridgehead atoms. The standard InChI is InChI=1S/C16H28N2/c1-6-14(17)15(16(2,3)4)18(5)12-13-10-8-7-9-11-13/h7-11,14-15H,6,12,17H2,1-5H3. The van der Waals surface area contributed by atoms with E-state index in [-0.39, 0.29) is 11.5 Å². The van der Waals surface area contributed by atoms with Gasteiger partial charge in [-0.1, -0.05) is 58.0 Å². The third kappa shape index (κ3) is 4.11. The molecule has 0 spiro atoms. The van der Waals surface area contributed by atoms with E-state index >= 15 is 0 Å². The Kier molecular flexibility index (Phi) is 5.36. The van der Waals surface area contributed by atoms with E-state index < -0.39 is 0 Å². The van der Waals surface area contributed by atoms with E-state index in [0.717, 1.165) is 13.0 Å². The summed E-state index contributed by atoms with van der Waals surface area (Å²) >= 11 is 0. The third-order valence-electron chi connectivity index (χ3n) is 3.51. The summed E-state index contributed by atoms with van der Waals surface area (Å²) in [7, 11) is 2.18. The van der Waals surface area contributed by atoms with Crippen molar-refractivity contribution < 1.29 is 0 Å². The number of hydrogen-bond acceptors (Lipinski definition) is 2. The summed E-state index contributed by atoms with van der Waals surface area (Å²) in [5, 5.41) is 0. The average Bonchev–Trinajstić information content (AvgIpc) is 2.28. The summed E-state index contributed by atoms with van der Waals surface area (Å²) < 4.78 is 0. The van der Waals surface area contributed by atoms with Crippen LogP contribution < -0.4 is 5.73 Å². The van der Waals surface area contributed by atoms with Gasteiger partial charge < -0.3 is 5.73 Å². The van der Waals surface area contributed by atoms with Crippen molar-refractivity contribution in [1.29, 1.82) is 0 Å². The molecule has 0 aliphatic rings. The predicted octanol–water partition coefficient (Wildman–Crippen LogP) is 3.27. The monoisotopic (exact) mass is 248 g/mol. The van der Waals surface area contributed by atoms with Gasteiger partial charge in [-0.3, -0.25) is 4.90 Å². The zero-order chi connectivity index (χ0) is 13.8. The normalized spacial score (nSPS) is 15.7. The maximum absolute atomic E-state index is 6.32. The Balaban J connectivity index is 2.80. The molecular weight excluding hydrogens is 220 g/mol. The van der Waals surface area contributed by atoms with Gasteiger partial charge in [0.1, 0.15) is 0 Å². The summed E-state index contributed by atoms with van der Waals surface area (Å²) in [4.78, 5) is 2.39. The van der Waals surface area contributed by atoms with Crippen LogP contribution in [0, 0.1) is 5.41 Å². The number of rotatable bonds is 5. The van der Waals surface area contributed by atoms with Crippen LogP contribution in [0.15, 0.2) is 30.3 Å². The Morgan fingerprint density at radius 3 is 2.17 bits per heavy atom. The first kappa shape index (κ1) is 15.2. The van der Waals surface area contributed by atoms with Gasteiger partial charge in [-0.2, -0.15) is 0 Å². The zero-order valence-corrected chi connectivity index (χ0v) is 12.5. The fourth-order valence-electron chi connectivity index (χ4n) is 2.82. The number of nitrogens with two attached hydrogens (primary N) is 1. The van der Waals surface area contributed by atoms with Crippen molar-refractivity contribution in [3.8, 4) is 0 Å². The van der Waals surface area contributed by atoms with E-state index in [1.54, 1.807) is 0 Å². The van der Waals surface area contributed by atoms with Crippen molar-refractivity contribution in [1.82, 2.24) is 4.90 Å². The van der Waals surface area contributed by atoms with E-state index in [1.165, 1.54) is 5.56 Å². The molecule has 0 heterocycles. The van der Waals surface area contributed by atoms with Crippen molar-refractivity contribution >= 4 is 0 Å². The highest BCUT2D eigenvalue weighted by molar-refractivity contribution is 5.14. The molecular formula is C16H28N2. The van der Waals surface area contributed by atoms with Gasteiger partial charge in [-0.15, -0.1) is 0 Å². The molecule has 2 atom stereocenters. The number of nitrogens with zero attached hydrogens (tertiary/aromatic N) is 1. The zero-order valence-electron chi connectivity index (χ0n) is 12.5. The van der Waals surface area contributed by atoms with Gasteiger partial charge >= 0.3 is 0 Å². The minimum atomic E-state index is 0.193. The lowest BCUT2D eigenvalue weighted by Crippen LogP contribution is -2.52. The van der Waals surface area contributed by atoms with Crippen molar-refractivity contribution in [2.45, 2.75) is 52.7 Å². The average molecular weight is 248 g/mol. The van der Waals surface area contributed by atoms with Crippen molar-refractivity contribution in [2.75, 3.05) is 7.05 Å². The van der Waals surface area contributed by atoms with Crippen molar-refractivity contribution in [2.24, 2.45) is 11.1 Å². The topological polar surface area (TPSA) is 29.3 Å². The van der Waals surface area contributed by atoms with Gasteiger partial charge in [0.2, 0.25) is 0 Å². The van der Waals surface area contributed by atoms with Gasteiger partial charge in [0.25, 0.3) is 0 Å². The molecule has 0 aliphatic heterocycles. The number of likely N-dealkylation sites (N-methyl/N-ethyl adjacent to an activating group) is 1. The van der Waals surface area contributed by atoms with Crippen LogP contribution in [0.25, 0.3) is 0 Å². The van der Waals surface area contributed by atoms with Crippen molar-refractivity contribution in [3.63, 3.8) is 0 Å². The highest BCUT2D eigenvalue weighted by Crippen LogP contribution is 2.27. The van der Waals surface area contributed by atoms with Crippen LogP contribution >= 0.6 is 0 Å². The molecule has 2 unspecified atom stereocenters. The van der Waals surface area contributed by atoms with Gasteiger partial charge in [-0.25, -0.2) is 0 Å². The van der Waals surface area contributed by atoms with Crippen LogP contribution in [-0.2, 0) is 6.54 Å². The smallest absolute Gasteiger partial charge is 0.0295 e. The molecule has 0 aliphatic carbocycles. The molecule has 2 heteroatoms. The second-order valence-electron chi connectivity index (χ2n) is 6.28. The van der Waals surface area contributed by atoms with Gasteiger partial charge in [0.05, 0.1) is 0 Å². The molecule has 18 heavy (non-hydrogen) atoms. The predicted molar refractivity (Wildman–Crippen MR) is 79.4 cm³/mol. The summed E-state index contributed by atoms with van der Waals surface area (Å²) in [6.45, 7) is 9.94. The first-order valence-electron chi connectivity index (χ1n) is 6.86. The van der Waals surface area contributed by atoms with Gasteiger partial charge in [0.15, 0.2) is 0 Å². The molecule has 0 radical (unpaired) electrons. The Morgan fingerprint density at radius 2 is 1.72 bits per heavy atom. The van der Waals surface area contributed by atoms with Crippen LogP contribution in [0.5, 0.6) is 0 Å². The molecule has 2 nitrogen and oxygen atoms in total. The number of hydrogen-bond donors (Lipinski definition) is 1. The maximum Gasteiger partial charge on any atom is 0.0295 e. The van der Waals surface area contributed by atoms with Gasteiger partial charge in [0, 0.05) is 18.6 Å². The second kappa shape index (κ2) is 6.35. The SMILES string of the molecule is CCC(N)C(N(C)Cc1ccccc1)C(C)(C)C. The molecule has 1 aromatic rings. The van der Waals surface area contributed by atoms with Crippen LogP contribution in [0.4, 0.5) is 0 Å². The molecule has 1 aromatic carbocycles. The minimum Gasteiger partial charge on any atom is -0.326 e. The highest BCUT2D eigenvalue weighted by Gasteiger charge is 2.32. The molecule has 1 rings (SSSR count). The number of benzene rings is 1. The van der Waals surface area contributed by atoms with E-state index in [1.807, 2.05) is 0 Å². The van der Waals surface area contributed by atoms with E-state index in [2.05, 4.69) is 70.0 Å². The van der Waals surface area contributed by atoms with Gasteiger partial charge in [-0.05, 0) is 24.4 Å². The van der Waals surface area contributed by atoms with Crippen molar-refractivity contribution in [3.05, 3.63) is 35.9 Å². The maximum atomic E-state index is 6.32. The Morgan fingerprint density at radius 1 is 1.17 bits per heavy atom. The third-order valence-corrected chi connectivity index (χ3v) is 3.51. The Hall–Kier alpha value is -0.860. The lowest BCUT2D eigenvalue weighted by atomic mass is 9.80. The summed E-state index contributed by atoms with van der Waals surface area (Å²) in [5.74, 6) is 0. The van der Waals surface area contributed by atoms with Crippen LogP contribution in [0.3, 0.4) is 0 Å². The molecule has 0 fully saturated rings. The van der Waals surface area contributed by atoms with Crippen LogP contribution in [0.1, 0.15) is 39.7 Å². The van der Waals surface area contributed by atoms with Crippen LogP contribution in [-0.4, -0.2) is 24.0 Å². The minimum absolute atomic E-state index is 0.193. The molecule has 0 aromatic heterocycles. The first-order chi connectivity index (χ1) is 8.36. The first-order valence-corrected chi connectivity index (χ1v) is 6.86. The fraction of sp³-hybridized carbons (Fsp3) is 0.625. The quantitative estimate of drug-likeness (QED) is 0.866. The lowest BCUT2D eigenvalue weighted by Gasteiger charge is -2.41. The molecule has 2 N–H and O–H groups in total. The summed E-state index contributed by atoms with van der Waals surface area (Å²) in [5.41, 5.74) is 7.85. The van der Waals surface area contributed by atoms with E-state index in [4.69, 9.17) is 5.73 Å². The molecule has 0 saturated heterocycles. The summed E-state index contributed by atoms with van der Waals surface area (Å²) in [6.07, 6.45) is 1.01. The Labute approximate surface area is 112 Å². The molecule has 0 amide bonds. The largest absolute Gasteiger partial charge is 0.326 e. The van der Waals surface area contributed by atoms with E-state index in [0.29, 0.717) is 6.04 Å². The van der Waals surface area contributed by atoms with E-state index in [9.17, 15) is 0 Å². The highest BCUT2D eigenvalue weighted by atomic mass is 15.2. The molecule has 102 valence electrons. The molecule has 0 saturated carbocycles. The second-order valence-corrected chi connectivity index (χ2v) is 6.28. The summed E-state index contributed by atoms with van der Waals surface area (Å²) in [6, 6.07) is 11.2. The fourth-order valence-corrected chi connectivity index (χ4v) is 2.82. The lowest BCUT2D eigenvalue weighted by molar-refractivity contribution is 0.0939.